The summed E-state index contributed by atoms with van der Waals surface area (Å²) < 4.78 is 0. The molecule has 0 amide bonds. The Morgan fingerprint density at radius 2 is 2.07 bits per heavy atom. The second-order valence-corrected chi connectivity index (χ2v) is 3.96. The van der Waals surface area contributed by atoms with Crippen LogP contribution in [0.5, 0.6) is 0 Å². The van der Waals surface area contributed by atoms with Gasteiger partial charge in [0.1, 0.15) is 0 Å². The SMILES string of the molecule is C1=CCC(c2c[nH]c3ccccc23)NC1. The number of H-pyrrole nitrogens is 1. The Labute approximate surface area is 89.0 Å². The summed E-state index contributed by atoms with van der Waals surface area (Å²) in [5.74, 6) is 0. The molecule has 1 atom stereocenters. The van der Waals surface area contributed by atoms with Crippen LogP contribution < -0.4 is 5.32 Å². The zero-order valence-corrected chi connectivity index (χ0v) is 8.53. The van der Waals surface area contributed by atoms with E-state index in [9.17, 15) is 0 Å². The van der Waals surface area contributed by atoms with Crippen LogP contribution in [0.3, 0.4) is 0 Å². The standard InChI is InChI=1S/C13H14N2/c1-2-6-12-10(5-1)11(9-15-12)13-7-3-4-8-14-13/h1-6,9,13-15H,7-8H2. The van der Waals surface area contributed by atoms with Crippen molar-refractivity contribution >= 4 is 10.9 Å². The molecule has 0 fully saturated rings. The van der Waals surface area contributed by atoms with E-state index in [-0.39, 0.29) is 0 Å². The molecule has 1 aromatic carbocycles. The summed E-state index contributed by atoms with van der Waals surface area (Å²) in [6.07, 6.45) is 7.65. The number of rotatable bonds is 1. The third-order valence-electron chi connectivity index (χ3n) is 3.02. The zero-order chi connectivity index (χ0) is 10.1. The number of fused-ring (bicyclic) bond motifs is 1. The first-order chi connectivity index (χ1) is 7.45. The van der Waals surface area contributed by atoms with Crippen molar-refractivity contribution in [1.82, 2.24) is 10.3 Å². The van der Waals surface area contributed by atoms with Gasteiger partial charge in [-0.1, -0.05) is 30.4 Å². The van der Waals surface area contributed by atoms with Crippen molar-refractivity contribution in [3.63, 3.8) is 0 Å². The second-order valence-electron chi connectivity index (χ2n) is 3.96. The number of nitrogens with one attached hydrogen (secondary N) is 2. The summed E-state index contributed by atoms with van der Waals surface area (Å²) in [5.41, 5.74) is 2.61. The summed E-state index contributed by atoms with van der Waals surface area (Å²) >= 11 is 0. The van der Waals surface area contributed by atoms with Gasteiger partial charge in [-0.2, -0.15) is 0 Å². The molecule has 2 nitrogen and oxygen atoms in total. The molecule has 15 heavy (non-hydrogen) atoms. The Kier molecular flexibility index (Phi) is 2.07. The van der Waals surface area contributed by atoms with Crippen molar-refractivity contribution in [2.45, 2.75) is 12.5 Å². The molecule has 0 spiro atoms. The monoisotopic (exact) mass is 198 g/mol. The highest BCUT2D eigenvalue weighted by molar-refractivity contribution is 5.83. The number of benzene rings is 1. The molecule has 0 saturated heterocycles. The van der Waals surface area contributed by atoms with Gasteiger partial charge >= 0.3 is 0 Å². The predicted molar refractivity (Wildman–Crippen MR) is 62.8 cm³/mol. The Morgan fingerprint density at radius 3 is 2.93 bits per heavy atom. The summed E-state index contributed by atoms with van der Waals surface area (Å²) in [4.78, 5) is 3.32. The maximum absolute atomic E-state index is 3.51. The molecule has 0 saturated carbocycles. The first-order valence-electron chi connectivity index (χ1n) is 5.39. The molecule has 1 aliphatic heterocycles. The van der Waals surface area contributed by atoms with Gasteiger partial charge in [-0.3, -0.25) is 0 Å². The molecule has 0 radical (unpaired) electrons. The topological polar surface area (TPSA) is 27.8 Å². The van der Waals surface area contributed by atoms with Gasteiger partial charge < -0.3 is 10.3 Å². The molecule has 2 N–H and O–H groups in total. The average molecular weight is 198 g/mol. The van der Waals surface area contributed by atoms with E-state index in [0.29, 0.717) is 6.04 Å². The molecule has 0 bridgehead atoms. The summed E-state index contributed by atoms with van der Waals surface area (Å²) in [5, 5.41) is 4.85. The summed E-state index contributed by atoms with van der Waals surface area (Å²) in [6, 6.07) is 8.93. The van der Waals surface area contributed by atoms with Crippen LogP contribution in [0.4, 0.5) is 0 Å². The van der Waals surface area contributed by atoms with Crippen molar-refractivity contribution in [2.75, 3.05) is 6.54 Å². The third-order valence-corrected chi connectivity index (χ3v) is 3.02. The predicted octanol–water partition coefficient (Wildman–Crippen LogP) is 2.76. The minimum atomic E-state index is 0.464. The van der Waals surface area contributed by atoms with Gasteiger partial charge in [-0.25, -0.2) is 0 Å². The van der Waals surface area contributed by atoms with Gasteiger partial charge in [-0.05, 0) is 18.1 Å². The Morgan fingerprint density at radius 1 is 1.13 bits per heavy atom. The summed E-state index contributed by atoms with van der Waals surface area (Å²) in [6.45, 7) is 0.976. The van der Waals surface area contributed by atoms with Crippen LogP contribution in [0.1, 0.15) is 18.0 Å². The molecule has 2 heteroatoms. The molecule has 76 valence electrons. The minimum Gasteiger partial charge on any atom is -0.361 e. The zero-order valence-electron chi connectivity index (χ0n) is 8.53. The molecule has 1 unspecified atom stereocenters. The van der Waals surface area contributed by atoms with E-state index in [2.05, 4.69) is 52.9 Å². The maximum Gasteiger partial charge on any atom is 0.0457 e. The fourth-order valence-corrected chi connectivity index (χ4v) is 2.23. The molecular formula is C13H14N2. The van der Waals surface area contributed by atoms with Crippen LogP contribution >= 0.6 is 0 Å². The van der Waals surface area contributed by atoms with Gasteiger partial charge in [-0.15, -0.1) is 0 Å². The van der Waals surface area contributed by atoms with Crippen LogP contribution in [-0.4, -0.2) is 11.5 Å². The largest absolute Gasteiger partial charge is 0.361 e. The van der Waals surface area contributed by atoms with Crippen LogP contribution in [0.2, 0.25) is 0 Å². The minimum absolute atomic E-state index is 0.464. The lowest BCUT2D eigenvalue weighted by atomic mass is 10.0. The van der Waals surface area contributed by atoms with Crippen LogP contribution in [0, 0.1) is 0 Å². The van der Waals surface area contributed by atoms with Crippen LogP contribution in [-0.2, 0) is 0 Å². The highest BCUT2D eigenvalue weighted by Gasteiger charge is 2.14. The lowest BCUT2D eigenvalue weighted by Crippen LogP contribution is -2.23. The van der Waals surface area contributed by atoms with E-state index in [0.717, 1.165) is 13.0 Å². The van der Waals surface area contributed by atoms with Crippen molar-refractivity contribution in [2.24, 2.45) is 0 Å². The molecule has 2 heterocycles. The Hall–Kier alpha value is -1.54. The quantitative estimate of drug-likeness (QED) is 0.677. The van der Waals surface area contributed by atoms with Crippen LogP contribution in [0.25, 0.3) is 10.9 Å². The Balaban J connectivity index is 2.07. The molecule has 1 aliphatic rings. The van der Waals surface area contributed by atoms with Crippen molar-refractivity contribution in [3.8, 4) is 0 Å². The normalized spacial score (nSPS) is 20.9. The first kappa shape index (κ1) is 8.74. The van der Waals surface area contributed by atoms with Gasteiger partial charge in [0.05, 0.1) is 0 Å². The van der Waals surface area contributed by atoms with Gasteiger partial charge in [0.2, 0.25) is 0 Å². The van der Waals surface area contributed by atoms with E-state index in [1.165, 1.54) is 16.5 Å². The fourth-order valence-electron chi connectivity index (χ4n) is 2.23. The van der Waals surface area contributed by atoms with Crippen molar-refractivity contribution in [1.29, 1.82) is 0 Å². The number of hydrogen-bond donors (Lipinski definition) is 2. The number of aromatic amines is 1. The van der Waals surface area contributed by atoms with Gasteiger partial charge in [0.15, 0.2) is 0 Å². The third kappa shape index (κ3) is 1.47. The Bertz CT molecular complexity index is 496. The smallest absolute Gasteiger partial charge is 0.0457 e. The summed E-state index contributed by atoms with van der Waals surface area (Å²) in [7, 11) is 0. The van der Waals surface area contributed by atoms with E-state index in [4.69, 9.17) is 0 Å². The second kappa shape index (κ2) is 3.55. The van der Waals surface area contributed by atoms with Crippen molar-refractivity contribution in [3.05, 3.63) is 48.2 Å². The molecule has 2 aromatic rings. The van der Waals surface area contributed by atoms with Gasteiger partial charge in [0, 0.05) is 29.7 Å². The van der Waals surface area contributed by atoms with E-state index in [1.54, 1.807) is 0 Å². The molecular weight excluding hydrogens is 184 g/mol. The van der Waals surface area contributed by atoms with E-state index >= 15 is 0 Å². The maximum atomic E-state index is 3.51. The molecule has 1 aromatic heterocycles. The van der Waals surface area contributed by atoms with E-state index < -0.39 is 0 Å². The lowest BCUT2D eigenvalue weighted by molar-refractivity contribution is 0.558. The highest BCUT2D eigenvalue weighted by Crippen LogP contribution is 2.27. The van der Waals surface area contributed by atoms with Crippen molar-refractivity contribution < 1.29 is 0 Å². The molecule has 3 rings (SSSR count). The average Bonchev–Trinajstić information content (AvgIpc) is 2.74. The van der Waals surface area contributed by atoms with Gasteiger partial charge in [0.25, 0.3) is 0 Å². The van der Waals surface area contributed by atoms with Crippen LogP contribution in [0.15, 0.2) is 42.6 Å². The molecule has 0 aliphatic carbocycles. The van der Waals surface area contributed by atoms with E-state index in [1.807, 2.05) is 0 Å². The first-order valence-corrected chi connectivity index (χ1v) is 5.39. The number of para-hydroxylation sites is 1. The highest BCUT2D eigenvalue weighted by atomic mass is 14.9. The fraction of sp³-hybridized carbons (Fsp3) is 0.231. The lowest BCUT2D eigenvalue weighted by Gasteiger charge is -2.19. The number of aromatic nitrogens is 1. The number of hydrogen-bond acceptors (Lipinski definition) is 1.